The summed E-state index contributed by atoms with van der Waals surface area (Å²) in [6.45, 7) is 1.98. The first-order chi connectivity index (χ1) is 14.3. The Balaban J connectivity index is 1.69. The molecule has 1 aliphatic rings. The fraction of sp³-hybridized carbons (Fsp3) is 0.208. The second-order valence-corrected chi connectivity index (χ2v) is 7.40. The van der Waals surface area contributed by atoms with E-state index in [1.54, 1.807) is 24.5 Å². The summed E-state index contributed by atoms with van der Waals surface area (Å²) >= 11 is 0. The van der Waals surface area contributed by atoms with E-state index in [0.29, 0.717) is 5.82 Å². The van der Waals surface area contributed by atoms with Crippen molar-refractivity contribution in [2.24, 2.45) is 0 Å². The van der Waals surface area contributed by atoms with Gasteiger partial charge in [0.05, 0.1) is 5.52 Å². The molecule has 0 spiro atoms. The Bertz CT molecular complexity index is 1150. The molecule has 0 aliphatic carbocycles. The topological polar surface area (TPSA) is 41.9 Å². The van der Waals surface area contributed by atoms with Crippen molar-refractivity contribution in [2.45, 2.75) is 19.3 Å². The normalized spacial score (nSPS) is 14.3. The Morgan fingerprint density at radius 2 is 1.62 bits per heavy atom. The quantitative estimate of drug-likeness (QED) is 0.468. The van der Waals surface area contributed by atoms with Crippen LogP contribution in [0.3, 0.4) is 0 Å². The van der Waals surface area contributed by atoms with Crippen molar-refractivity contribution in [3.05, 3.63) is 72.8 Å². The van der Waals surface area contributed by atoms with Crippen LogP contribution in [0, 0.1) is 5.82 Å². The zero-order valence-corrected chi connectivity index (χ0v) is 16.1. The van der Waals surface area contributed by atoms with Gasteiger partial charge >= 0.3 is 0 Å². The van der Waals surface area contributed by atoms with Gasteiger partial charge in [-0.2, -0.15) is 0 Å². The second kappa shape index (κ2) is 7.59. The molecule has 0 atom stereocenters. The lowest BCUT2D eigenvalue weighted by Gasteiger charge is -2.29. The smallest absolute Gasteiger partial charge is 0.163 e. The fourth-order valence-electron chi connectivity index (χ4n) is 3.93. The summed E-state index contributed by atoms with van der Waals surface area (Å²) in [7, 11) is 0. The number of hydrogen-bond donors (Lipinski definition) is 0. The van der Waals surface area contributed by atoms with E-state index in [4.69, 9.17) is 9.97 Å². The van der Waals surface area contributed by atoms with Crippen LogP contribution < -0.4 is 4.90 Å². The van der Waals surface area contributed by atoms with Gasteiger partial charge in [-0.15, -0.1) is 0 Å². The first-order valence-electron chi connectivity index (χ1n) is 10.0. The van der Waals surface area contributed by atoms with E-state index in [1.807, 2.05) is 30.3 Å². The van der Waals surface area contributed by atoms with Gasteiger partial charge in [0.15, 0.2) is 5.82 Å². The minimum absolute atomic E-state index is 0.234. The summed E-state index contributed by atoms with van der Waals surface area (Å²) < 4.78 is 13.7. The zero-order valence-electron chi connectivity index (χ0n) is 16.1. The number of piperidine rings is 1. The number of rotatable bonds is 3. The Morgan fingerprint density at radius 1 is 0.793 bits per heavy atom. The number of benzene rings is 2. The summed E-state index contributed by atoms with van der Waals surface area (Å²) in [6.07, 6.45) is 7.13. The SMILES string of the molecule is Fc1cccc(-c2ccc3nc(-c4cccnc4)nc(N4CCCCC4)c3c2)c1. The highest BCUT2D eigenvalue weighted by Gasteiger charge is 2.18. The van der Waals surface area contributed by atoms with Crippen LogP contribution in [0.1, 0.15) is 19.3 Å². The molecule has 5 rings (SSSR count). The molecule has 1 fully saturated rings. The fourth-order valence-corrected chi connectivity index (χ4v) is 3.93. The minimum atomic E-state index is -0.234. The molecule has 1 saturated heterocycles. The molecule has 1 aliphatic heterocycles. The third kappa shape index (κ3) is 3.56. The highest BCUT2D eigenvalue weighted by Crippen LogP contribution is 2.32. The number of pyridine rings is 1. The maximum absolute atomic E-state index is 13.7. The standard InChI is InChI=1S/C24H21FN4/c25-20-8-4-6-17(14-20)18-9-10-22-21(15-18)24(29-12-2-1-3-13-29)28-23(27-22)19-7-5-11-26-16-19/h4-11,14-16H,1-3,12-13H2. The maximum atomic E-state index is 13.7. The number of hydrogen-bond acceptors (Lipinski definition) is 4. The van der Waals surface area contributed by atoms with Crippen LogP contribution in [-0.2, 0) is 0 Å². The summed E-state index contributed by atoms with van der Waals surface area (Å²) in [5, 5.41) is 1.00. The summed E-state index contributed by atoms with van der Waals surface area (Å²) in [6, 6.07) is 16.7. The molecule has 29 heavy (non-hydrogen) atoms. The van der Waals surface area contributed by atoms with E-state index in [0.717, 1.165) is 59.3 Å². The van der Waals surface area contributed by atoms with Crippen LogP contribution in [0.25, 0.3) is 33.4 Å². The molecule has 0 bridgehead atoms. The molecule has 0 saturated carbocycles. The van der Waals surface area contributed by atoms with Crippen molar-refractivity contribution in [3.63, 3.8) is 0 Å². The predicted molar refractivity (Wildman–Crippen MR) is 114 cm³/mol. The van der Waals surface area contributed by atoms with Gasteiger partial charge in [-0.3, -0.25) is 4.98 Å². The van der Waals surface area contributed by atoms with E-state index >= 15 is 0 Å². The molecule has 144 valence electrons. The van der Waals surface area contributed by atoms with Crippen LogP contribution in [0.5, 0.6) is 0 Å². The van der Waals surface area contributed by atoms with Crippen molar-refractivity contribution >= 4 is 16.7 Å². The molecule has 0 N–H and O–H groups in total. The Hall–Kier alpha value is -3.34. The number of nitrogens with zero attached hydrogens (tertiary/aromatic N) is 4. The third-order valence-electron chi connectivity index (χ3n) is 5.41. The van der Waals surface area contributed by atoms with E-state index in [-0.39, 0.29) is 5.82 Å². The van der Waals surface area contributed by atoms with Crippen molar-refractivity contribution in [1.82, 2.24) is 15.0 Å². The van der Waals surface area contributed by atoms with Gasteiger partial charge in [0, 0.05) is 36.4 Å². The number of fused-ring (bicyclic) bond motifs is 1. The molecule has 0 amide bonds. The Kier molecular flexibility index (Phi) is 4.64. The lowest BCUT2D eigenvalue weighted by Crippen LogP contribution is -2.30. The third-order valence-corrected chi connectivity index (χ3v) is 5.41. The predicted octanol–water partition coefficient (Wildman–Crippen LogP) is 5.49. The van der Waals surface area contributed by atoms with Crippen molar-refractivity contribution in [2.75, 3.05) is 18.0 Å². The van der Waals surface area contributed by atoms with Crippen molar-refractivity contribution in [1.29, 1.82) is 0 Å². The number of halogens is 1. The van der Waals surface area contributed by atoms with Crippen LogP contribution in [0.15, 0.2) is 67.0 Å². The van der Waals surface area contributed by atoms with Gasteiger partial charge < -0.3 is 4.90 Å². The van der Waals surface area contributed by atoms with Crippen molar-refractivity contribution in [3.8, 4) is 22.5 Å². The van der Waals surface area contributed by atoms with Gasteiger partial charge in [0.2, 0.25) is 0 Å². The van der Waals surface area contributed by atoms with Crippen LogP contribution in [-0.4, -0.2) is 28.0 Å². The number of aromatic nitrogens is 3. The zero-order chi connectivity index (χ0) is 19.6. The molecule has 3 heterocycles. The van der Waals surface area contributed by atoms with E-state index in [9.17, 15) is 4.39 Å². The van der Waals surface area contributed by atoms with E-state index in [1.165, 1.54) is 12.5 Å². The second-order valence-electron chi connectivity index (χ2n) is 7.40. The lowest BCUT2D eigenvalue weighted by atomic mass is 10.0. The maximum Gasteiger partial charge on any atom is 0.163 e. The molecule has 5 heteroatoms. The molecular weight excluding hydrogens is 363 g/mol. The summed E-state index contributed by atoms with van der Waals surface area (Å²) in [4.78, 5) is 16.3. The van der Waals surface area contributed by atoms with Gasteiger partial charge in [-0.1, -0.05) is 18.2 Å². The molecule has 0 radical (unpaired) electrons. The molecule has 4 aromatic rings. The lowest BCUT2D eigenvalue weighted by molar-refractivity contribution is 0.575. The van der Waals surface area contributed by atoms with Crippen LogP contribution in [0.2, 0.25) is 0 Å². The van der Waals surface area contributed by atoms with Gasteiger partial charge in [-0.05, 0) is 66.8 Å². The Labute approximate surface area is 169 Å². The first kappa shape index (κ1) is 17.7. The summed E-state index contributed by atoms with van der Waals surface area (Å²) in [5.41, 5.74) is 3.61. The monoisotopic (exact) mass is 384 g/mol. The van der Waals surface area contributed by atoms with E-state index in [2.05, 4.69) is 16.0 Å². The van der Waals surface area contributed by atoms with Gasteiger partial charge in [0.1, 0.15) is 11.6 Å². The Morgan fingerprint density at radius 3 is 2.41 bits per heavy atom. The van der Waals surface area contributed by atoms with E-state index < -0.39 is 0 Å². The van der Waals surface area contributed by atoms with Gasteiger partial charge in [0.25, 0.3) is 0 Å². The first-order valence-corrected chi connectivity index (χ1v) is 10.0. The highest BCUT2D eigenvalue weighted by molar-refractivity contribution is 5.94. The van der Waals surface area contributed by atoms with Crippen molar-refractivity contribution < 1.29 is 4.39 Å². The van der Waals surface area contributed by atoms with Crippen LogP contribution >= 0.6 is 0 Å². The molecule has 0 unspecified atom stereocenters. The van der Waals surface area contributed by atoms with Crippen LogP contribution in [0.4, 0.5) is 10.2 Å². The molecule has 4 nitrogen and oxygen atoms in total. The molecule has 2 aromatic heterocycles. The van der Waals surface area contributed by atoms with Gasteiger partial charge in [-0.25, -0.2) is 14.4 Å². The average molecular weight is 384 g/mol. The molecule has 2 aromatic carbocycles. The molecular formula is C24H21FN4. The highest BCUT2D eigenvalue weighted by atomic mass is 19.1. The average Bonchev–Trinajstić information content (AvgIpc) is 2.79. The summed E-state index contributed by atoms with van der Waals surface area (Å²) in [5.74, 6) is 1.40. The minimum Gasteiger partial charge on any atom is -0.356 e. The largest absolute Gasteiger partial charge is 0.356 e. The number of anilines is 1.